The van der Waals surface area contributed by atoms with Crippen LogP contribution < -0.4 is 5.32 Å². The number of nitrogens with one attached hydrogen (secondary N) is 1. The third kappa shape index (κ3) is 4.21. The third-order valence-corrected chi connectivity index (χ3v) is 5.05. The van der Waals surface area contributed by atoms with Crippen molar-refractivity contribution in [3.8, 4) is 0 Å². The summed E-state index contributed by atoms with van der Waals surface area (Å²) >= 11 is 0. The number of rotatable bonds is 6. The van der Waals surface area contributed by atoms with Crippen LogP contribution in [-0.2, 0) is 13.0 Å². The lowest BCUT2D eigenvalue weighted by Crippen LogP contribution is -2.22. The van der Waals surface area contributed by atoms with Gasteiger partial charge in [-0.05, 0) is 49.4 Å². The second-order valence-corrected chi connectivity index (χ2v) is 7.52. The number of aryl methyl sites for hydroxylation is 2. The number of hydrogen-bond acceptors (Lipinski definition) is 4. The molecular formula is C23H24N4O2. The zero-order chi connectivity index (χ0) is 20.4. The summed E-state index contributed by atoms with van der Waals surface area (Å²) in [5.74, 6) is 0.221. The molecule has 1 N–H and O–H groups in total. The summed E-state index contributed by atoms with van der Waals surface area (Å²) in [4.78, 5) is 17.0. The molecule has 1 aromatic carbocycles. The monoisotopic (exact) mass is 388 g/mol. The van der Waals surface area contributed by atoms with Gasteiger partial charge in [-0.25, -0.2) is 4.98 Å². The molecule has 0 aliphatic carbocycles. The quantitative estimate of drug-likeness (QED) is 0.537. The summed E-state index contributed by atoms with van der Waals surface area (Å²) in [6, 6.07) is 16.1. The highest BCUT2D eigenvalue weighted by atomic mass is 16.5. The highest BCUT2D eigenvalue weighted by Gasteiger charge is 2.16. The van der Waals surface area contributed by atoms with Crippen LogP contribution in [0.15, 0.2) is 59.3 Å². The minimum atomic E-state index is -0.291. The highest BCUT2D eigenvalue weighted by Crippen LogP contribution is 2.20. The molecule has 0 saturated heterocycles. The number of carbonyl (C=O) groups excluding carboxylic acids is 1. The first kappa shape index (κ1) is 18.9. The number of hydrogen-bond donors (Lipinski definition) is 1. The van der Waals surface area contributed by atoms with Gasteiger partial charge < -0.3 is 14.2 Å². The molecule has 1 amide bonds. The van der Waals surface area contributed by atoms with Gasteiger partial charge in [-0.2, -0.15) is 0 Å². The van der Waals surface area contributed by atoms with Gasteiger partial charge >= 0.3 is 0 Å². The Hall–Kier alpha value is -3.41. The van der Waals surface area contributed by atoms with Crippen molar-refractivity contribution in [2.45, 2.75) is 39.7 Å². The van der Waals surface area contributed by atoms with Crippen molar-refractivity contribution in [3.63, 3.8) is 0 Å². The van der Waals surface area contributed by atoms with Crippen molar-refractivity contribution in [1.29, 1.82) is 0 Å². The largest absolute Gasteiger partial charge is 0.351 e. The van der Waals surface area contributed by atoms with Gasteiger partial charge in [0.05, 0.1) is 17.9 Å². The second kappa shape index (κ2) is 7.91. The molecule has 1 atom stereocenters. The summed E-state index contributed by atoms with van der Waals surface area (Å²) in [5, 5.41) is 6.92. The molecule has 0 aliphatic rings. The molecule has 0 saturated carbocycles. The summed E-state index contributed by atoms with van der Waals surface area (Å²) in [6.07, 6.45) is 2.66. The van der Waals surface area contributed by atoms with Crippen molar-refractivity contribution in [2.24, 2.45) is 0 Å². The molecule has 0 aliphatic heterocycles. The summed E-state index contributed by atoms with van der Waals surface area (Å²) < 4.78 is 7.28. The number of carbonyl (C=O) groups is 1. The predicted molar refractivity (Wildman–Crippen MR) is 111 cm³/mol. The van der Waals surface area contributed by atoms with E-state index in [-0.39, 0.29) is 11.7 Å². The number of aromatic nitrogens is 3. The fourth-order valence-corrected chi connectivity index (χ4v) is 3.54. The van der Waals surface area contributed by atoms with E-state index < -0.39 is 0 Å². The molecule has 3 heterocycles. The van der Waals surface area contributed by atoms with E-state index in [9.17, 15) is 4.79 Å². The van der Waals surface area contributed by atoms with Crippen LogP contribution in [-0.4, -0.2) is 20.4 Å². The van der Waals surface area contributed by atoms with Crippen molar-refractivity contribution in [3.05, 3.63) is 88.7 Å². The van der Waals surface area contributed by atoms with Crippen LogP contribution in [0.4, 0.5) is 0 Å². The highest BCUT2D eigenvalue weighted by molar-refractivity contribution is 5.91. The van der Waals surface area contributed by atoms with Gasteiger partial charge in [-0.3, -0.25) is 4.79 Å². The number of imidazole rings is 1. The molecule has 148 valence electrons. The van der Waals surface area contributed by atoms with E-state index in [0.29, 0.717) is 18.9 Å². The molecule has 3 aromatic heterocycles. The molecule has 0 radical (unpaired) electrons. The normalized spacial score (nSPS) is 12.2. The molecular weight excluding hydrogens is 364 g/mol. The Morgan fingerprint density at radius 1 is 1.14 bits per heavy atom. The van der Waals surface area contributed by atoms with E-state index >= 15 is 0 Å². The predicted octanol–water partition coefficient (Wildman–Crippen LogP) is 4.22. The average molecular weight is 388 g/mol. The van der Waals surface area contributed by atoms with Gasteiger partial charge in [0, 0.05) is 18.0 Å². The minimum Gasteiger partial charge on any atom is -0.351 e. The van der Waals surface area contributed by atoms with E-state index in [0.717, 1.165) is 28.3 Å². The van der Waals surface area contributed by atoms with Gasteiger partial charge in [0.1, 0.15) is 5.65 Å². The van der Waals surface area contributed by atoms with Gasteiger partial charge in [0.25, 0.3) is 5.91 Å². The Kier molecular flexibility index (Phi) is 5.16. The van der Waals surface area contributed by atoms with Crippen molar-refractivity contribution in [2.75, 3.05) is 0 Å². The average Bonchev–Trinajstić information content (AvgIpc) is 3.34. The lowest BCUT2D eigenvalue weighted by Gasteiger charge is -2.08. The fourth-order valence-electron chi connectivity index (χ4n) is 3.54. The van der Waals surface area contributed by atoms with Crippen LogP contribution >= 0.6 is 0 Å². The van der Waals surface area contributed by atoms with Gasteiger partial charge in [0.2, 0.25) is 5.76 Å². The molecule has 0 unspecified atom stereocenters. The third-order valence-electron chi connectivity index (χ3n) is 5.05. The Labute approximate surface area is 169 Å². The molecule has 6 heteroatoms. The Balaban J connectivity index is 1.39. The molecule has 0 spiro atoms. The van der Waals surface area contributed by atoms with E-state index in [1.54, 1.807) is 6.07 Å². The second-order valence-electron chi connectivity index (χ2n) is 7.52. The Bertz CT molecular complexity index is 1140. The van der Waals surface area contributed by atoms with Crippen molar-refractivity contribution in [1.82, 2.24) is 19.9 Å². The maximum atomic E-state index is 12.4. The van der Waals surface area contributed by atoms with E-state index in [1.807, 2.05) is 48.7 Å². The first-order valence-corrected chi connectivity index (χ1v) is 9.73. The van der Waals surface area contributed by atoms with Crippen LogP contribution in [0, 0.1) is 13.8 Å². The van der Waals surface area contributed by atoms with Gasteiger partial charge in [0.15, 0.2) is 0 Å². The van der Waals surface area contributed by atoms with E-state index in [1.165, 1.54) is 5.56 Å². The number of fused-ring (bicyclic) bond motifs is 1. The van der Waals surface area contributed by atoms with Crippen LogP contribution in [0.5, 0.6) is 0 Å². The SMILES string of the molecule is Cc1cc(C)n2cc(CNC(=O)c3cc(C[C@H](C)c4ccccc4)no3)nc2c1. The van der Waals surface area contributed by atoms with Crippen molar-refractivity contribution >= 4 is 11.6 Å². The summed E-state index contributed by atoms with van der Waals surface area (Å²) in [5.41, 5.74) is 5.95. The molecule has 6 nitrogen and oxygen atoms in total. The summed E-state index contributed by atoms with van der Waals surface area (Å²) in [6.45, 7) is 6.55. The zero-order valence-electron chi connectivity index (χ0n) is 16.8. The first-order valence-electron chi connectivity index (χ1n) is 9.73. The smallest absolute Gasteiger partial charge is 0.290 e. The molecule has 4 aromatic rings. The number of benzene rings is 1. The topological polar surface area (TPSA) is 72.4 Å². The lowest BCUT2D eigenvalue weighted by molar-refractivity contribution is 0.0913. The molecule has 0 fully saturated rings. The fraction of sp³-hybridized carbons (Fsp3) is 0.261. The number of pyridine rings is 1. The molecule has 4 rings (SSSR count). The maximum absolute atomic E-state index is 12.4. The van der Waals surface area contributed by atoms with Crippen LogP contribution in [0.2, 0.25) is 0 Å². The van der Waals surface area contributed by atoms with Crippen LogP contribution in [0.1, 0.15) is 51.6 Å². The van der Waals surface area contributed by atoms with Gasteiger partial charge in [-0.1, -0.05) is 42.4 Å². The zero-order valence-corrected chi connectivity index (χ0v) is 16.8. The van der Waals surface area contributed by atoms with E-state index in [2.05, 4.69) is 40.6 Å². The van der Waals surface area contributed by atoms with Gasteiger partial charge in [-0.15, -0.1) is 0 Å². The standard InChI is InChI=1S/C23H24N4O2/c1-15-9-17(3)27-14-20(25-22(27)10-15)13-24-23(28)21-12-19(26-29-21)11-16(2)18-7-5-4-6-8-18/h4-10,12,14,16H,11,13H2,1-3H3,(H,24,28)/t16-/m0/s1. The molecule has 0 bridgehead atoms. The Morgan fingerprint density at radius 3 is 2.72 bits per heavy atom. The Morgan fingerprint density at radius 2 is 1.93 bits per heavy atom. The van der Waals surface area contributed by atoms with Crippen LogP contribution in [0.25, 0.3) is 5.65 Å². The maximum Gasteiger partial charge on any atom is 0.290 e. The summed E-state index contributed by atoms with van der Waals surface area (Å²) in [7, 11) is 0. The molecule has 29 heavy (non-hydrogen) atoms. The first-order chi connectivity index (χ1) is 14.0. The minimum absolute atomic E-state index is 0.219. The number of amides is 1. The lowest BCUT2D eigenvalue weighted by atomic mass is 9.96. The number of nitrogens with zero attached hydrogens (tertiary/aromatic N) is 3. The van der Waals surface area contributed by atoms with Crippen LogP contribution in [0.3, 0.4) is 0 Å². The van der Waals surface area contributed by atoms with Crippen molar-refractivity contribution < 1.29 is 9.32 Å². The van der Waals surface area contributed by atoms with E-state index in [4.69, 9.17) is 4.52 Å².